The van der Waals surface area contributed by atoms with E-state index in [1.165, 1.54) is 11.3 Å². The van der Waals surface area contributed by atoms with Gasteiger partial charge in [0.2, 0.25) is 10.6 Å². The maximum atomic E-state index is 12.4. The van der Waals surface area contributed by atoms with Gasteiger partial charge in [-0.2, -0.15) is 0 Å². The number of allylic oxidation sites excluding steroid dienone is 1. The van der Waals surface area contributed by atoms with E-state index < -0.39 is 11.0 Å². The number of thiazole rings is 1. The average molecular weight is 373 g/mol. The zero-order valence-corrected chi connectivity index (χ0v) is 15.1. The van der Waals surface area contributed by atoms with Gasteiger partial charge >= 0.3 is 5.56 Å². The Morgan fingerprint density at radius 3 is 2.59 bits per heavy atom. The lowest BCUT2D eigenvalue weighted by atomic mass is 10.1. The molecule has 0 saturated heterocycles. The summed E-state index contributed by atoms with van der Waals surface area (Å²) in [5.41, 5.74) is 3.26. The third-order valence-corrected chi connectivity index (χ3v) is 5.79. The molecule has 0 amide bonds. The van der Waals surface area contributed by atoms with Gasteiger partial charge in [-0.05, 0) is 42.2 Å². The molecule has 5 rings (SSSR count). The minimum absolute atomic E-state index is 0.446. The smallest absolute Gasteiger partial charge is 0.283 e. The monoisotopic (exact) mass is 373 g/mol. The van der Waals surface area contributed by atoms with Gasteiger partial charge in [-0.25, -0.2) is 9.67 Å². The molecule has 0 spiro atoms. The topological polar surface area (TPSA) is 67.8 Å². The Bertz CT molecular complexity index is 1280. The Morgan fingerprint density at radius 1 is 1.00 bits per heavy atom. The van der Waals surface area contributed by atoms with Gasteiger partial charge in [-0.3, -0.25) is 14.7 Å². The highest BCUT2D eigenvalue weighted by molar-refractivity contribution is 7.20. The number of aromatic nitrogens is 3. The SMILES string of the molecule is O=c1[nH]n(-c2nc3ccccc3s2)c2c(c1=O)CCC2=Cc1ccccc1. The van der Waals surface area contributed by atoms with E-state index in [1.807, 2.05) is 54.6 Å². The summed E-state index contributed by atoms with van der Waals surface area (Å²) in [7, 11) is 0. The maximum absolute atomic E-state index is 12.4. The molecule has 6 heteroatoms. The van der Waals surface area contributed by atoms with Gasteiger partial charge in [-0.1, -0.05) is 53.8 Å². The number of nitrogens with one attached hydrogen (secondary N) is 1. The van der Waals surface area contributed by atoms with Gasteiger partial charge in [0.25, 0.3) is 0 Å². The summed E-state index contributed by atoms with van der Waals surface area (Å²) in [5, 5.41) is 3.38. The summed E-state index contributed by atoms with van der Waals surface area (Å²) in [6.07, 6.45) is 3.37. The van der Waals surface area contributed by atoms with Crippen LogP contribution in [0.15, 0.2) is 64.2 Å². The number of hydrogen-bond donors (Lipinski definition) is 1. The Hall–Kier alpha value is -3.25. The van der Waals surface area contributed by atoms with Crippen molar-refractivity contribution in [2.45, 2.75) is 12.8 Å². The molecule has 0 atom stereocenters. The van der Waals surface area contributed by atoms with Crippen molar-refractivity contribution in [1.82, 2.24) is 14.8 Å². The number of fused-ring (bicyclic) bond motifs is 2. The van der Waals surface area contributed by atoms with E-state index in [0.29, 0.717) is 17.1 Å². The van der Waals surface area contributed by atoms with Crippen LogP contribution in [0.3, 0.4) is 0 Å². The van der Waals surface area contributed by atoms with Gasteiger partial charge in [-0.15, -0.1) is 0 Å². The molecule has 5 nitrogen and oxygen atoms in total. The van der Waals surface area contributed by atoms with Crippen LogP contribution in [0.4, 0.5) is 0 Å². The fourth-order valence-corrected chi connectivity index (χ4v) is 4.46. The fraction of sp³-hybridized carbons (Fsp3) is 0.0952. The van der Waals surface area contributed by atoms with Crippen LogP contribution in [0.1, 0.15) is 23.2 Å². The standard InChI is InChI=1S/C21H15N3O2S/c25-19-15-11-10-14(12-13-6-2-1-3-7-13)18(15)24(23-20(19)26)21-22-16-8-4-5-9-17(16)27-21/h1-9,12H,10-11H2,(H,23,26). The van der Waals surface area contributed by atoms with E-state index in [0.717, 1.165) is 33.5 Å². The summed E-state index contributed by atoms with van der Waals surface area (Å²) in [4.78, 5) is 29.3. The Morgan fingerprint density at radius 2 is 1.78 bits per heavy atom. The molecule has 1 N–H and O–H groups in total. The molecule has 2 heterocycles. The van der Waals surface area contributed by atoms with Crippen LogP contribution in [0.5, 0.6) is 0 Å². The second-order valence-electron chi connectivity index (χ2n) is 6.48. The average Bonchev–Trinajstić information content (AvgIpc) is 3.30. The van der Waals surface area contributed by atoms with Crippen LogP contribution in [0.25, 0.3) is 27.0 Å². The third kappa shape index (κ3) is 2.65. The summed E-state index contributed by atoms with van der Waals surface area (Å²) in [6.45, 7) is 0. The number of rotatable bonds is 2. The molecule has 0 fully saturated rings. The van der Waals surface area contributed by atoms with Gasteiger partial charge in [0.15, 0.2) is 0 Å². The van der Waals surface area contributed by atoms with Crippen molar-refractivity contribution < 1.29 is 0 Å². The van der Waals surface area contributed by atoms with Crippen molar-refractivity contribution in [2.75, 3.05) is 0 Å². The second kappa shape index (κ2) is 6.17. The zero-order chi connectivity index (χ0) is 18.4. The Labute approximate surface area is 158 Å². The van der Waals surface area contributed by atoms with Crippen LogP contribution in [-0.4, -0.2) is 14.8 Å². The summed E-state index contributed by atoms with van der Waals surface area (Å²) in [6, 6.07) is 17.8. The highest BCUT2D eigenvalue weighted by Crippen LogP contribution is 2.34. The summed E-state index contributed by atoms with van der Waals surface area (Å²) in [5.74, 6) is 0. The van der Waals surface area contributed by atoms with E-state index in [1.54, 1.807) is 4.68 Å². The van der Waals surface area contributed by atoms with E-state index >= 15 is 0 Å². The molecule has 2 aromatic carbocycles. The lowest BCUT2D eigenvalue weighted by Gasteiger charge is -2.10. The predicted molar refractivity (Wildman–Crippen MR) is 108 cm³/mol. The highest BCUT2D eigenvalue weighted by atomic mass is 32.1. The highest BCUT2D eigenvalue weighted by Gasteiger charge is 2.26. The van der Waals surface area contributed by atoms with Crippen molar-refractivity contribution in [3.63, 3.8) is 0 Å². The molecular weight excluding hydrogens is 358 g/mol. The summed E-state index contributed by atoms with van der Waals surface area (Å²) >= 11 is 1.49. The van der Waals surface area contributed by atoms with Crippen LogP contribution in [0.2, 0.25) is 0 Å². The van der Waals surface area contributed by atoms with Crippen LogP contribution in [0, 0.1) is 0 Å². The van der Waals surface area contributed by atoms with Crippen molar-refractivity contribution >= 4 is 33.2 Å². The lowest BCUT2D eigenvalue weighted by Crippen LogP contribution is -2.34. The number of nitrogens with zero attached hydrogens (tertiary/aromatic N) is 2. The summed E-state index contributed by atoms with van der Waals surface area (Å²) < 4.78 is 2.72. The number of H-pyrrole nitrogens is 1. The van der Waals surface area contributed by atoms with E-state index in [2.05, 4.69) is 16.2 Å². The number of benzene rings is 2. The van der Waals surface area contributed by atoms with E-state index in [-0.39, 0.29) is 0 Å². The van der Waals surface area contributed by atoms with Crippen molar-refractivity contribution in [2.24, 2.45) is 0 Å². The number of aromatic amines is 1. The molecule has 0 aliphatic heterocycles. The van der Waals surface area contributed by atoms with Gasteiger partial charge < -0.3 is 0 Å². The molecule has 1 aliphatic rings. The molecule has 1 aliphatic carbocycles. The first kappa shape index (κ1) is 16.0. The lowest BCUT2D eigenvalue weighted by molar-refractivity contribution is 0.786. The fourth-order valence-electron chi connectivity index (χ4n) is 3.53. The second-order valence-corrected chi connectivity index (χ2v) is 7.49. The molecule has 132 valence electrons. The first-order valence-corrected chi connectivity index (χ1v) is 9.52. The van der Waals surface area contributed by atoms with E-state index in [9.17, 15) is 9.59 Å². The number of hydrogen-bond acceptors (Lipinski definition) is 4. The van der Waals surface area contributed by atoms with Crippen molar-refractivity contribution in [1.29, 1.82) is 0 Å². The molecular formula is C21H15N3O2S. The molecule has 2 aromatic heterocycles. The van der Waals surface area contributed by atoms with Crippen molar-refractivity contribution in [3.05, 3.63) is 92.0 Å². The normalized spacial score (nSPS) is 14.7. The van der Waals surface area contributed by atoms with Gasteiger partial charge in [0, 0.05) is 5.56 Å². The van der Waals surface area contributed by atoms with Gasteiger partial charge in [0.05, 0.1) is 15.9 Å². The molecule has 4 aromatic rings. The van der Waals surface area contributed by atoms with Crippen LogP contribution in [-0.2, 0) is 6.42 Å². The minimum atomic E-state index is -0.603. The first-order chi connectivity index (χ1) is 13.2. The molecule has 0 bridgehead atoms. The van der Waals surface area contributed by atoms with Crippen molar-refractivity contribution in [3.8, 4) is 5.13 Å². The Kier molecular flexibility index (Phi) is 3.65. The van der Waals surface area contributed by atoms with E-state index in [4.69, 9.17) is 0 Å². The van der Waals surface area contributed by atoms with Gasteiger partial charge in [0.1, 0.15) is 0 Å². The van der Waals surface area contributed by atoms with Crippen LogP contribution < -0.4 is 11.0 Å². The first-order valence-electron chi connectivity index (χ1n) is 8.71. The third-order valence-electron chi connectivity index (χ3n) is 4.77. The Balaban J connectivity index is 1.77. The quantitative estimate of drug-likeness (QED) is 0.546. The maximum Gasteiger partial charge on any atom is 0.310 e. The van der Waals surface area contributed by atoms with Crippen LogP contribution >= 0.6 is 11.3 Å². The zero-order valence-electron chi connectivity index (χ0n) is 14.3. The number of para-hydroxylation sites is 1. The molecule has 27 heavy (non-hydrogen) atoms. The molecule has 0 radical (unpaired) electrons. The largest absolute Gasteiger partial charge is 0.310 e. The molecule has 0 unspecified atom stereocenters. The predicted octanol–water partition coefficient (Wildman–Crippen LogP) is 3.62. The molecule has 0 saturated carbocycles. The minimum Gasteiger partial charge on any atom is -0.283 e.